The van der Waals surface area contributed by atoms with Gasteiger partial charge in [0.25, 0.3) is 0 Å². The maximum atomic E-state index is 10.6. The van der Waals surface area contributed by atoms with Gasteiger partial charge in [-0.25, -0.2) is 0 Å². The Balaban J connectivity index is 1.33. The number of methoxy groups -OCH3 is 1. The number of rotatable bonds is 1. The Kier molecular flexibility index (Phi) is 5.50. The average molecular weight is 547 g/mol. The van der Waals surface area contributed by atoms with Crippen molar-refractivity contribution in [2.45, 2.75) is 31.7 Å². The number of fused-ring (bicyclic) bond motifs is 2. The molecular weight excluding hydrogens is 516 g/mol. The van der Waals surface area contributed by atoms with E-state index in [0.717, 1.165) is 54.0 Å². The summed E-state index contributed by atoms with van der Waals surface area (Å²) in [5.74, 6) is 4.67. The Morgan fingerprint density at radius 1 is 0.854 bits per heavy atom. The third-order valence-electron chi connectivity index (χ3n) is 8.71. The summed E-state index contributed by atoms with van der Waals surface area (Å²) in [6.45, 7) is 1.64. The van der Waals surface area contributed by atoms with E-state index in [0.29, 0.717) is 47.5 Å². The first-order chi connectivity index (χ1) is 20.0. The van der Waals surface area contributed by atoms with Crippen LogP contribution in [0.15, 0.2) is 65.7 Å². The molecule has 5 aliphatic heterocycles. The molecule has 7 bridgehead atoms. The first-order valence-electron chi connectivity index (χ1n) is 14.1. The lowest BCUT2D eigenvalue weighted by molar-refractivity contribution is 0.220. The van der Waals surface area contributed by atoms with Crippen molar-refractivity contribution in [2.24, 2.45) is 4.99 Å². The quantitative estimate of drug-likeness (QED) is 0.250. The van der Waals surface area contributed by atoms with Crippen LogP contribution in [0.3, 0.4) is 0 Å². The van der Waals surface area contributed by atoms with Crippen molar-refractivity contribution in [1.29, 1.82) is 0 Å². The van der Waals surface area contributed by atoms with Crippen LogP contribution in [0.5, 0.6) is 46.0 Å². The van der Waals surface area contributed by atoms with Crippen LogP contribution >= 0.6 is 0 Å². The van der Waals surface area contributed by atoms with E-state index in [-0.39, 0.29) is 11.8 Å². The molecule has 0 aromatic heterocycles. The fourth-order valence-corrected chi connectivity index (χ4v) is 6.53. The largest absolute Gasteiger partial charge is 0.504 e. The molecule has 1 atom stereocenters. The lowest BCUT2D eigenvalue weighted by atomic mass is 9.87. The highest BCUT2D eigenvalue weighted by Crippen LogP contribution is 2.56. The summed E-state index contributed by atoms with van der Waals surface area (Å²) in [5.41, 5.74) is 7.78. The lowest BCUT2D eigenvalue weighted by Gasteiger charge is -2.38. The third-order valence-corrected chi connectivity index (χ3v) is 8.71. The van der Waals surface area contributed by atoms with E-state index >= 15 is 0 Å². The molecule has 0 saturated heterocycles. The van der Waals surface area contributed by atoms with E-state index < -0.39 is 0 Å². The zero-order chi connectivity index (χ0) is 27.7. The minimum atomic E-state index is 0.0877. The van der Waals surface area contributed by atoms with Crippen LogP contribution in [0.2, 0.25) is 0 Å². The standard InChI is InChI=1S/C34H30N2O5/c1-36-12-10-22-17-31(38-2)33-34-32(22)26(36)14-19-3-6-23(7-4-19)39-28-15-20(5-8-27(28)37)13-25-24-18-30(41-34)29(40-33)16-21(24)9-11-35-25/h3-8,15-18,26,37H,9-14H2,1-2H3/t26-/m1/s1. The number of phenolic OH excluding ortho intramolecular Hbond substituents is 1. The molecule has 206 valence electrons. The maximum Gasteiger partial charge on any atom is 0.212 e. The second kappa shape index (κ2) is 9.28. The third kappa shape index (κ3) is 4.03. The molecule has 4 aromatic carbocycles. The number of phenols is 1. The molecule has 0 unspecified atom stereocenters. The smallest absolute Gasteiger partial charge is 0.212 e. The molecule has 9 rings (SSSR count). The molecule has 5 aliphatic rings. The fourth-order valence-electron chi connectivity index (χ4n) is 6.53. The Morgan fingerprint density at radius 2 is 1.66 bits per heavy atom. The van der Waals surface area contributed by atoms with Gasteiger partial charge in [-0.2, -0.15) is 0 Å². The fraction of sp³-hybridized carbons (Fsp3) is 0.265. The molecule has 4 aromatic rings. The molecular formula is C34H30N2O5. The Bertz CT molecular complexity index is 1740. The van der Waals surface area contributed by atoms with Crippen LogP contribution in [0.1, 0.15) is 39.4 Å². The molecule has 1 N–H and O–H groups in total. The molecule has 7 heteroatoms. The number of likely N-dealkylation sites (N-methyl/N-ethyl adjacent to an activating group) is 1. The second-order valence-corrected chi connectivity index (χ2v) is 11.2. The second-order valence-electron chi connectivity index (χ2n) is 11.2. The van der Waals surface area contributed by atoms with Gasteiger partial charge in [0, 0.05) is 42.4 Å². The molecule has 0 amide bonds. The molecule has 5 heterocycles. The number of aliphatic imine (C=N–C) groups is 1. The van der Waals surface area contributed by atoms with Gasteiger partial charge in [-0.1, -0.05) is 18.2 Å². The van der Waals surface area contributed by atoms with Gasteiger partial charge in [0.1, 0.15) is 5.75 Å². The summed E-state index contributed by atoms with van der Waals surface area (Å²) >= 11 is 0. The van der Waals surface area contributed by atoms with E-state index in [2.05, 4.69) is 42.3 Å². The highest BCUT2D eigenvalue weighted by atomic mass is 16.6. The van der Waals surface area contributed by atoms with Gasteiger partial charge in [0.15, 0.2) is 34.5 Å². The molecule has 41 heavy (non-hydrogen) atoms. The van der Waals surface area contributed by atoms with Crippen molar-refractivity contribution in [2.75, 3.05) is 27.2 Å². The SMILES string of the molecule is COc1cc2c3c4c1Oc1cc5c(cc1O4)C(=NCC5)Cc1ccc(O)c(c1)Oc1ccc(cc1)C[C@H]3N(C)CC2. The Hall–Kier alpha value is -4.49. The molecule has 0 fully saturated rings. The summed E-state index contributed by atoms with van der Waals surface area (Å²) in [7, 11) is 3.85. The van der Waals surface area contributed by atoms with Crippen molar-refractivity contribution in [3.05, 3.63) is 94.0 Å². The first-order valence-corrected chi connectivity index (χ1v) is 14.1. The van der Waals surface area contributed by atoms with E-state index in [1.807, 2.05) is 24.3 Å². The van der Waals surface area contributed by atoms with Crippen molar-refractivity contribution < 1.29 is 24.1 Å². The summed E-state index contributed by atoms with van der Waals surface area (Å²) in [6.07, 6.45) is 3.13. The molecule has 0 aliphatic carbocycles. The Labute approximate surface area is 238 Å². The summed E-state index contributed by atoms with van der Waals surface area (Å²) in [6, 6.07) is 20.0. The number of hydrogen-bond acceptors (Lipinski definition) is 7. The zero-order valence-corrected chi connectivity index (χ0v) is 23.1. The van der Waals surface area contributed by atoms with Gasteiger partial charge in [-0.3, -0.25) is 9.89 Å². The van der Waals surface area contributed by atoms with Gasteiger partial charge in [0.05, 0.1) is 7.11 Å². The lowest BCUT2D eigenvalue weighted by Crippen LogP contribution is -2.34. The van der Waals surface area contributed by atoms with Crippen molar-refractivity contribution >= 4 is 5.71 Å². The molecule has 7 nitrogen and oxygen atoms in total. The summed E-state index contributed by atoms with van der Waals surface area (Å²) < 4.78 is 25.4. The Morgan fingerprint density at radius 3 is 2.51 bits per heavy atom. The van der Waals surface area contributed by atoms with E-state index in [1.165, 1.54) is 16.7 Å². The minimum Gasteiger partial charge on any atom is -0.504 e. The molecule has 0 radical (unpaired) electrons. The molecule has 0 saturated carbocycles. The van der Waals surface area contributed by atoms with Gasteiger partial charge in [-0.05, 0) is 91.0 Å². The van der Waals surface area contributed by atoms with E-state index in [1.54, 1.807) is 13.2 Å². The van der Waals surface area contributed by atoms with Crippen molar-refractivity contribution in [3.8, 4) is 46.0 Å². The first kappa shape index (κ1) is 24.3. The highest BCUT2D eigenvalue weighted by molar-refractivity contribution is 6.04. The summed E-state index contributed by atoms with van der Waals surface area (Å²) in [4.78, 5) is 7.30. The van der Waals surface area contributed by atoms with Crippen molar-refractivity contribution in [1.82, 2.24) is 4.90 Å². The number of nitrogens with zero attached hydrogens (tertiary/aromatic N) is 2. The minimum absolute atomic E-state index is 0.0877. The molecule has 0 spiro atoms. The number of ether oxygens (including phenoxy) is 4. The van der Waals surface area contributed by atoms with Crippen LogP contribution in [-0.2, 0) is 25.7 Å². The monoisotopic (exact) mass is 546 g/mol. The van der Waals surface area contributed by atoms with Crippen LogP contribution in [-0.4, -0.2) is 43.0 Å². The topological polar surface area (TPSA) is 72.8 Å². The number of aromatic hydroxyl groups is 1. The zero-order valence-electron chi connectivity index (χ0n) is 23.1. The van der Waals surface area contributed by atoms with Crippen LogP contribution in [0.4, 0.5) is 0 Å². The summed E-state index contributed by atoms with van der Waals surface area (Å²) in [5, 5.41) is 10.6. The predicted molar refractivity (Wildman–Crippen MR) is 156 cm³/mol. The maximum absolute atomic E-state index is 10.6. The van der Waals surface area contributed by atoms with Gasteiger partial charge in [-0.15, -0.1) is 0 Å². The van der Waals surface area contributed by atoms with E-state index in [4.69, 9.17) is 23.9 Å². The van der Waals surface area contributed by atoms with Gasteiger partial charge in [0.2, 0.25) is 5.75 Å². The van der Waals surface area contributed by atoms with Gasteiger partial charge >= 0.3 is 0 Å². The van der Waals surface area contributed by atoms with Crippen LogP contribution < -0.4 is 18.9 Å². The van der Waals surface area contributed by atoms with Crippen molar-refractivity contribution in [3.63, 3.8) is 0 Å². The normalized spacial score (nSPS) is 18.4. The van der Waals surface area contributed by atoms with Crippen LogP contribution in [0.25, 0.3) is 0 Å². The van der Waals surface area contributed by atoms with Gasteiger partial charge < -0.3 is 24.1 Å². The average Bonchev–Trinajstić information content (AvgIpc) is 2.98. The highest BCUT2D eigenvalue weighted by Gasteiger charge is 2.36. The van der Waals surface area contributed by atoms with E-state index in [9.17, 15) is 5.11 Å². The van der Waals surface area contributed by atoms with Crippen LogP contribution in [0, 0.1) is 0 Å². The number of hydrogen-bond donors (Lipinski definition) is 1. The number of benzene rings is 4. The predicted octanol–water partition coefficient (Wildman–Crippen LogP) is 6.76.